The molecule has 5 heteroatoms. The van der Waals surface area contributed by atoms with Crippen LogP contribution < -0.4 is 15.8 Å². The lowest BCUT2D eigenvalue weighted by molar-refractivity contribution is 0.0929. The lowest BCUT2D eigenvalue weighted by atomic mass is 10.0. The maximum absolute atomic E-state index is 13.4. The van der Waals surface area contributed by atoms with E-state index in [2.05, 4.69) is 5.32 Å². The Morgan fingerprint density at radius 3 is 2.67 bits per heavy atom. The highest BCUT2D eigenvalue weighted by atomic mass is 19.1. The molecule has 0 aliphatic carbocycles. The van der Waals surface area contributed by atoms with E-state index < -0.39 is 5.82 Å². The molecule has 0 heterocycles. The average Bonchev–Trinajstić information content (AvgIpc) is 2.37. The first-order valence-corrected chi connectivity index (χ1v) is 5.84. The number of carbonyl (C=O) groups excluding carboxylic acids is 1. The average molecular weight is 254 g/mol. The Hall–Kier alpha value is -1.62. The second kappa shape index (κ2) is 6.35. The van der Waals surface area contributed by atoms with E-state index in [9.17, 15) is 9.18 Å². The van der Waals surface area contributed by atoms with Gasteiger partial charge in [0.25, 0.3) is 5.91 Å². The third-order valence-electron chi connectivity index (χ3n) is 3.00. The molecule has 0 aliphatic rings. The fourth-order valence-electron chi connectivity index (χ4n) is 1.44. The normalized spacial score (nSPS) is 13.8. The van der Waals surface area contributed by atoms with Gasteiger partial charge >= 0.3 is 0 Å². The van der Waals surface area contributed by atoms with E-state index in [-0.39, 0.29) is 29.2 Å². The van der Waals surface area contributed by atoms with Crippen molar-refractivity contribution in [1.29, 1.82) is 0 Å². The molecule has 0 saturated heterocycles. The van der Waals surface area contributed by atoms with Crippen LogP contribution in [0.5, 0.6) is 5.75 Å². The van der Waals surface area contributed by atoms with Gasteiger partial charge in [0.15, 0.2) is 11.6 Å². The van der Waals surface area contributed by atoms with Crippen LogP contribution in [0.1, 0.15) is 24.2 Å². The Kier molecular flexibility index (Phi) is 5.09. The minimum Gasteiger partial charge on any atom is -0.494 e. The van der Waals surface area contributed by atoms with Gasteiger partial charge in [-0.25, -0.2) is 4.39 Å². The number of rotatable bonds is 5. The minimum absolute atomic E-state index is 0.0623. The first kappa shape index (κ1) is 14.4. The number of amides is 1. The van der Waals surface area contributed by atoms with Gasteiger partial charge in [0.1, 0.15) is 0 Å². The van der Waals surface area contributed by atoms with E-state index in [0.29, 0.717) is 6.54 Å². The topological polar surface area (TPSA) is 64.3 Å². The maximum Gasteiger partial charge on any atom is 0.251 e. The fraction of sp³-hybridized carbons (Fsp3) is 0.462. The van der Waals surface area contributed by atoms with Gasteiger partial charge < -0.3 is 15.8 Å². The van der Waals surface area contributed by atoms with E-state index in [1.165, 1.54) is 19.2 Å². The van der Waals surface area contributed by atoms with Gasteiger partial charge in [0, 0.05) is 11.6 Å². The number of benzene rings is 1. The van der Waals surface area contributed by atoms with Crippen LogP contribution in [0.2, 0.25) is 0 Å². The molecule has 1 aromatic carbocycles. The molecule has 0 fully saturated rings. The van der Waals surface area contributed by atoms with Crippen molar-refractivity contribution in [3.63, 3.8) is 0 Å². The predicted octanol–water partition coefficient (Wildman–Crippen LogP) is 1.55. The number of hydrogen-bond donors (Lipinski definition) is 2. The smallest absolute Gasteiger partial charge is 0.251 e. The molecule has 0 aliphatic heterocycles. The molecule has 0 radical (unpaired) electrons. The number of methoxy groups -OCH3 is 1. The molecule has 18 heavy (non-hydrogen) atoms. The van der Waals surface area contributed by atoms with Gasteiger partial charge in [0.05, 0.1) is 7.11 Å². The van der Waals surface area contributed by atoms with Crippen molar-refractivity contribution < 1.29 is 13.9 Å². The summed E-state index contributed by atoms with van der Waals surface area (Å²) >= 11 is 0. The van der Waals surface area contributed by atoms with Gasteiger partial charge in [-0.1, -0.05) is 6.92 Å². The summed E-state index contributed by atoms with van der Waals surface area (Å²) < 4.78 is 18.2. The van der Waals surface area contributed by atoms with E-state index >= 15 is 0 Å². The molecule has 3 N–H and O–H groups in total. The van der Waals surface area contributed by atoms with Gasteiger partial charge in [-0.3, -0.25) is 4.79 Å². The van der Waals surface area contributed by atoms with E-state index in [1.807, 2.05) is 13.8 Å². The summed E-state index contributed by atoms with van der Waals surface area (Å²) in [7, 11) is 1.38. The fourth-order valence-corrected chi connectivity index (χ4v) is 1.44. The molecule has 1 aromatic rings. The van der Waals surface area contributed by atoms with Crippen molar-refractivity contribution in [2.75, 3.05) is 13.7 Å². The third kappa shape index (κ3) is 3.43. The second-order valence-corrected chi connectivity index (χ2v) is 4.32. The molecule has 4 nitrogen and oxygen atoms in total. The largest absolute Gasteiger partial charge is 0.494 e. The SMILES string of the molecule is COc1ccc(C(=O)NC(C)C(C)CN)cc1F. The summed E-state index contributed by atoms with van der Waals surface area (Å²) in [6, 6.07) is 4.06. The van der Waals surface area contributed by atoms with Crippen molar-refractivity contribution in [2.24, 2.45) is 11.7 Å². The number of nitrogens with two attached hydrogens (primary N) is 1. The Labute approximate surface area is 106 Å². The van der Waals surface area contributed by atoms with E-state index in [0.717, 1.165) is 6.07 Å². The van der Waals surface area contributed by atoms with Crippen molar-refractivity contribution in [3.05, 3.63) is 29.6 Å². The summed E-state index contributed by atoms with van der Waals surface area (Å²) in [6.45, 7) is 4.30. The third-order valence-corrected chi connectivity index (χ3v) is 3.00. The molecule has 0 saturated carbocycles. The van der Waals surface area contributed by atoms with Crippen LogP contribution in [-0.4, -0.2) is 25.6 Å². The summed E-state index contributed by atoms with van der Waals surface area (Å²) in [5, 5.41) is 2.79. The number of nitrogens with one attached hydrogen (secondary N) is 1. The Morgan fingerprint density at radius 1 is 1.50 bits per heavy atom. The number of ether oxygens (including phenoxy) is 1. The van der Waals surface area contributed by atoms with Crippen LogP contribution in [0.25, 0.3) is 0 Å². The maximum atomic E-state index is 13.4. The molecule has 0 bridgehead atoms. The van der Waals surface area contributed by atoms with Crippen molar-refractivity contribution >= 4 is 5.91 Å². The molecule has 0 spiro atoms. The van der Waals surface area contributed by atoms with Crippen LogP contribution in [0.4, 0.5) is 4.39 Å². The zero-order valence-electron chi connectivity index (χ0n) is 10.9. The standard InChI is InChI=1S/C13H19FN2O2/c1-8(7-15)9(2)16-13(17)10-4-5-12(18-3)11(14)6-10/h4-6,8-9H,7,15H2,1-3H3,(H,16,17). The molecule has 2 atom stereocenters. The first-order valence-electron chi connectivity index (χ1n) is 5.84. The lowest BCUT2D eigenvalue weighted by Gasteiger charge is -2.19. The van der Waals surface area contributed by atoms with Crippen LogP contribution in [0.3, 0.4) is 0 Å². The number of hydrogen-bond acceptors (Lipinski definition) is 3. The van der Waals surface area contributed by atoms with Gasteiger partial charge in [0.2, 0.25) is 0 Å². The van der Waals surface area contributed by atoms with Crippen LogP contribution in [0.15, 0.2) is 18.2 Å². The molecular formula is C13H19FN2O2. The first-order chi connectivity index (χ1) is 8.49. The quantitative estimate of drug-likeness (QED) is 0.838. The van der Waals surface area contributed by atoms with E-state index in [1.54, 1.807) is 0 Å². The van der Waals surface area contributed by atoms with Gasteiger partial charge in [-0.05, 0) is 37.6 Å². The highest BCUT2D eigenvalue weighted by Gasteiger charge is 2.15. The predicted molar refractivity (Wildman–Crippen MR) is 68.1 cm³/mol. The van der Waals surface area contributed by atoms with Crippen LogP contribution in [0, 0.1) is 11.7 Å². The summed E-state index contributed by atoms with van der Waals surface area (Å²) in [4.78, 5) is 11.9. The van der Waals surface area contributed by atoms with E-state index in [4.69, 9.17) is 10.5 Å². The van der Waals surface area contributed by atoms with Crippen molar-refractivity contribution in [2.45, 2.75) is 19.9 Å². The molecule has 0 aromatic heterocycles. The molecule has 1 rings (SSSR count). The summed E-state index contributed by atoms with van der Waals surface area (Å²) in [6.07, 6.45) is 0. The molecule has 100 valence electrons. The number of halogens is 1. The van der Waals surface area contributed by atoms with Crippen molar-refractivity contribution in [3.8, 4) is 5.75 Å². The molecular weight excluding hydrogens is 235 g/mol. The lowest BCUT2D eigenvalue weighted by Crippen LogP contribution is -2.39. The summed E-state index contributed by atoms with van der Waals surface area (Å²) in [5.41, 5.74) is 5.79. The molecule has 2 unspecified atom stereocenters. The Morgan fingerprint density at radius 2 is 2.17 bits per heavy atom. The summed E-state index contributed by atoms with van der Waals surface area (Å²) in [5.74, 6) is -0.582. The molecule has 1 amide bonds. The number of carbonyl (C=O) groups is 1. The minimum atomic E-state index is -0.551. The Bertz CT molecular complexity index is 423. The monoisotopic (exact) mass is 254 g/mol. The highest BCUT2D eigenvalue weighted by Crippen LogP contribution is 2.17. The van der Waals surface area contributed by atoms with Crippen LogP contribution in [-0.2, 0) is 0 Å². The highest BCUT2D eigenvalue weighted by molar-refractivity contribution is 5.94. The van der Waals surface area contributed by atoms with Crippen molar-refractivity contribution in [1.82, 2.24) is 5.32 Å². The zero-order valence-corrected chi connectivity index (χ0v) is 10.9. The van der Waals surface area contributed by atoms with Gasteiger partial charge in [-0.2, -0.15) is 0 Å². The Balaban J connectivity index is 2.76. The van der Waals surface area contributed by atoms with Gasteiger partial charge in [-0.15, -0.1) is 0 Å². The van der Waals surface area contributed by atoms with Crippen LogP contribution >= 0.6 is 0 Å². The zero-order chi connectivity index (χ0) is 13.7. The second-order valence-electron chi connectivity index (χ2n) is 4.32.